The van der Waals surface area contributed by atoms with Gasteiger partial charge in [0.25, 0.3) is 11.8 Å². The van der Waals surface area contributed by atoms with Crippen molar-refractivity contribution >= 4 is 23.2 Å². The summed E-state index contributed by atoms with van der Waals surface area (Å²) < 4.78 is 24.4. The maximum absolute atomic E-state index is 13.6. The Hall–Kier alpha value is -3.87. The van der Waals surface area contributed by atoms with E-state index < -0.39 is 12.0 Å². The van der Waals surface area contributed by atoms with Crippen LogP contribution in [0.2, 0.25) is 0 Å². The molecular formula is C23H17FN2O4. The summed E-state index contributed by atoms with van der Waals surface area (Å²) in [7, 11) is 2.97. The summed E-state index contributed by atoms with van der Waals surface area (Å²) in [6.45, 7) is 0. The van der Waals surface area contributed by atoms with Gasteiger partial charge in [0.2, 0.25) is 0 Å². The minimum atomic E-state index is -0.722. The second-order valence-electron chi connectivity index (χ2n) is 6.98. The molecule has 0 spiro atoms. The third kappa shape index (κ3) is 2.35. The number of halogens is 1. The van der Waals surface area contributed by atoms with Gasteiger partial charge in [0.05, 0.1) is 31.0 Å². The fourth-order valence-corrected chi connectivity index (χ4v) is 4.21. The molecule has 0 bridgehead atoms. The lowest BCUT2D eigenvalue weighted by atomic mass is 10.0. The van der Waals surface area contributed by atoms with Crippen molar-refractivity contribution in [3.63, 3.8) is 0 Å². The molecule has 2 aliphatic rings. The van der Waals surface area contributed by atoms with Crippen molar-refractivity contribution in [3.8, 4) is 11.5 Å². The van der Waals surface area contributed by atoms with Crippen molar-refractivity contribution in [3.05, 3.63) is 83.2 Å². The van der Waals surface area contributed by atoms with E-state index in [4.69, 9.17) is 9.47 Å². The minimum absolute atomic E-state index is 0.270. The zero-order valence-corrected chi connectivity index (χ0v) is 16.3. The first-order valence-corrected chi connectivity index (χ1v) is 9.33. The molecule has 0 radical (unpaired) electrons. The predicted molar refractivity (Wildman–Crippen MR) is 109 cm³/mol. The summed E-state index contributed by atoms with van der Waals surface area (Å²) in [4.78, 5) is 30.1. The van der Waals surface area contributed by atoms with Crippen LogP contribution in [0.25, 0.3) is 0 Å². The van der Waals surface area contributed by atoms with Gasteiger partial charge in [-0.1, -0.05) is 18.2 Å². The highest BCUT2D eigenvalue weighted by Crippen LogP contribution is 2.50. The smallest absolute Gasteiger partial charge is 0.264 e. The first kappa shape index (κ1) is 18.2. The van der Waals surface area contributed by atoms with Gasteiger partial charge < -0.3 is 9.47 Å². The molecule has 0 N–H and O–H groups in total. The van der Waals surface area contributed by atoms with Gasteiger partial charge in [-0.05, 0) is 42.5 Å². The van der Waals surface area contributed by atoms with E-state index in [1.54, 1.807) is 41.3 Å². The Bertz CT molecular complexity index is 1190. The Morgan fingerprint density at radius 1 is 0.833 bits per heavy atom. The summed E-state index contributed by atoms with van der Waals surface area (Å²) in [5.41, 5.74) is 2.36. The maximum Gasteiger partial charge on any atom is 0.264 e. The Labute approximate surface area is 172 Å². The molecule has 150 valence electrons. The van der Waals surface area contributed by atoms with E-state index >= 15 is 0 Å². The van der Waals surface area contributed by atoms with E-state index in [-0.39, 0.29) is 11.8 Å². The Morgan fingerprint density at radius 3 is 2.27 bits per heavy atom. The summed E-state index contributed by atoms with van der Waals surface area (Å²) >= 11 is 0. The number of para-hydroxylation sites is 1. The fourth-order valence-electron chi connectivity index (χ4n) is 4.21. The number of hydrogen-bond acceptors (Lipinski definition) is 4. The molecule has 0 aromatic heterocycles. The molecule has 2 aliphatic heterocycles. The van der Waals surface area contributed by atoms with Gasteiger partial charge in [-0.3, -0.25) is 19.4 Å². The van der Waals surface area contributed by atoms with Crippen molar-refractivity contribution in [1.82, 2.24) is 0 Å². The highest BCUT2D eigenvalue weighted by Gasteiger charge is 2.50. The Kier molecular flexibility index (Phi) is 3.99. The van der Waals surface area contributed by atoms with Gasteiger partial charge in [0, 0.05) is 11.3 Å². The van der Waals surface area contributed by atoms with Gasteiger partial charge in [0.1, 0.15) is 12.0 Å². The molecule has 0 unspecified atom stereocenters. The number of ether oxygens (including phenoxy) is 2. The van der Waals surface area contributed by atoms with Gasteiger partial charge in [-0.15, -0.1) is 0 Å². The summed E-state index contributed by atoms with van der Waals surface area (Å²) in [6.07, 6.45) is -0.722. The molecule has 3 aromatic rings. The van der Waals surface area contributed by atoms with E-state index in [0.29, 0.717) is 39.6 Å². The lowest BCUT2D eigenvalue weighted by Gasteiger charge is -2.40. The summed E-state index contributed by atoms with van der Waals surface area (Å²) in [5, 5.41) is 0. The van der Waals surface area contributed by atoms with Gasteiger partial charge in [0.15, 0.2) is 11.5 Å². The maximum atomic E-state index is 13.6. The molecule has 2 heterocycles. The SMILES string of the molecule is COc1ccc2c(c1OC)C(=O)N1c3ccccc3C(=O)N(c3ccc(F)cc3)[C@H]21. The van der Waals surface area contributed by atoms with Crippen molar-refractivity contribution in [2.45, 2.75) is 6.17 Å². The number of hydrogen-bond donors (Lipinski definition) is 0. The zero-order chi connectivity index (χ0) is 21.0. The molecule has 0 aliphatic carbocycles. The number of carbonyl (C=O) groups is 2. The van der Waals surface area contributed by atoms with Crippen molar-refractivity contribution < 1.29 is 23.5 Å². The minimum Gasteiger partial charge on any atom is -0.493 e. The second kappa shape index (κ2) is 6.59. The Morgan fingerprint density at radius 2 is 1.57 bits per heavy atom. The van der Waals surface area contributed by atoms with Crippen LogP contribution >= 0.6 is 0 Å². The van der Waals surface area contributed by atoms with Crippen LogP contribution in [-0.2, 0) is 0 Å². The number of rotatable bonds is 3. The lowest BCUT2D eigenvalue weighted by Crippen LogP contribution is -2.48. The third-order valence-electron chi connectivity index (χ3n) is 5.50. The van der Waals surface area contributed by atoms with Crippen LogP contribution in [0.1, 0.15) is 32.4 Å². The standard InChI is InChI=1S/C23H17FN2O4/c1-29-18-12-11-16-19(20(18)30-2)23(28)26-17-6-4-3-5-15(17)22(27)25(21(16)26)14-9-7-13(24)8-10-14/h3-12,21H,1-2H3/t21-/m0/s1. The van der Waals surface area contributed by atoms with Crippen LogP contribution in [0.5, 0.6) is 11.5 Å². The molecular weight excluding hydrogens is 387 g/mol. The zero-order valence-electron chi connectivity index (χ0n) is 16.3. The number of nitrogens with zero attached hydrogens (tertiary/aromatic N) is 2. The summed E-state index contributed by atoms with van der Waals surface area (Å²) in [6, 6.07) is 16.1. The molecule has 30 heavy (non-hydrogen) atoms. The van der Waals surface area contributed by atoms with Gasteiger partial charge >= 0.3 is 0 Å². The van der Waals surface area contributed by atoms with Gasteiger partial charge in [-0.25, -0.2) is 4.39 Å². The first-order chi connectivity index (χ1) is 14.6. The van der Waals surface area contributed by atoms with E-state index in [9.17, 15) is 14.0 Å². The van der Waals surface area contributed by atoms with E-state index in [1.165, 1.54) is 43.4 Å². The van der Waals surface area contributed by atoms with Crippen molar-refractivity contribution in [2.24, 2.45) is 0 Å². The molecule has 7 heteroatoms. The van der Waals surface area contributed by atoms with Gasteiger partial charge in [-0.2, -0.15) is 0 Å². The Balaban J connectivity index is 1.80. The quantitative estimate of drug-likeness (QED) is 0.658. The molecule has 5 rings (SSSR count). The number of amides is 2. The normalized spacial score (nSPS) is 16.8. The van der Waals surface area contributed by atoms with Crippen molar-refractivity contribution in [2.75, 3.05) is 24.0 Å². The van der Waals surface area contributed by atoms with Crippen LogP contribution in [-0.4, -0.2) is 26.0 Å². The number of benzene rings is 3. The molecule has 2 amide bonds. The topological polar surface area (TPSA) is 59.1 Å². The third-order valence-corrected chi connectivity index (χ3v) is 5.50. The molecule has 0 saturated carbocycles. The van der Waals surface area contributed by atoms with Crippen LogP contribution in [0, 0.1) is 5.82 Å². The van der Waals surface area contributed by atoms with Crippen molar-refractivity contribution in [1.29, 1.82) is 0 Å². The predicted octanol–water partition coefficient (Wildman–Crippen LogP) is 4.16. The number of methoxy groups -OCH3 is 2. The largest absolute Gasteiger partial charge is 0.493 e. The van der Waals surface area contributed by atoms with E-state index in [1.807, 2.05) is 0 Å². The highest BCUT2D eigenvalue weighted by molar-refractivity contribution is 6.22. The van der Waals surface area contributed by atoms with Crippen LogP contribution in [0.4, 0.5) is 15.8 Å². The average molecular weight is 404 g/mol. The number of carbonyl (C=O) groups excluding carboxylic acids is 2. The van der Waals surface area contributed by atoms with Crippen LogP contribution in [0.15, 0.2) is 60.7 Å². The fraction of sp³-hybridized carbons (Fsp3) is 0.130. The number of fused-ring (bicyclic) bond motifs is 5. The first-order valence-electron chi connectivity index (χ1n) is 9.33. The lowest BCUT2D eigenvalue weighted by molar-refractivity contribution is 0.0948. The monoisotopic (exact) mass is 404 g/mol. The molecule has 0 fully saturated rings. The molecule has 6 nitrogen and oxygen atoms in total. The number of anilines is 2. The molecule has 0 saturated heterocycles. The molecule has 3 aromatic carbocycles. The molecule has 1 atom stereocenters. The highest BCUT2D eigenvalue weighted by atomic mass is 19.1. The van der Waals surface area contributed by atoms with E-state index in [0.717, 1.165) is 0 Å². The van der Waals surface area contributed by atoms with Crippen LogP contribution in [0.3, 0.4) is 0 Å². The van der Waals surface area contributed by atoms with E-state index in [2.05, 4.69) is 0 Å². The average Bonchev–Trinajstić information content (AvgIpc) is 3.07. The second-order valence-corrected chi connectivity index (χ2v) is 6.98. The van der Waals surface area contributed by atoms with Crippen LogP contribution < -0.4 is 19.3 Å². The summed E-state index contributed by atoms with van der Waals surface area (Å²) in [5.74, 6) is -0.225.